The molecule has 0 amide bonds. The molecule has 0 heterocycles. The van der Waals surface area contributed by atoms with Crippen molar-refractivity contribution < 1.29 is 19.8 Å². The molecule has 0 radical (unpaired) electrons. The van der Waals surface area contributed by atoms with E-state index in [4.69, 9.17) is 15.9 Å². The van der Waals surface area contributed by atoms with Gasteiger partial charge < -0.3 is 15.9 Å². The fourth-order valence-corrected chi connectivity index (χ4v) is 1.09. The lowest BCUT2D eigenvalue weighted by Gasteiger charge is -2.08. The lowest BCUT2D eigenvalue weighted by molar-refractivity contribution is -0.143. The Hall–Kier alpha value is -1.59. The Kier molecular flexibility index (Phi) is 6.08. The van der Waals surface area contributed by atoms with E-state index in [9.17, 15) is 9.59 Å². The first-order chi connectivity index (χ1) is 6.93. The molecule has 4 N–H and O–H groups in total. The third-order valence-corrected chi connectivity index (χ3v) is 1.89. The summed E-state index contributed by atoms with van der Waals surface area (Å²) in [6, 6.07) is 0. The van der Waals surface area contributed by atoms with Crippen molar-refractivity contribution >= 4 is 17.8 Å². The van der Waals surface area contributed by atoms with Crippen LogP contribution in [0.5, 0.6) is 0 Å². The van der Waals surface area contributed by atoms with Gasteiger partial charge in [-0.1, -0.05) is 0 Å². The molecule has 0 spiro atoms. The van der Waals surface area contributed by atoms with E-state index in [0.29, 0.717) is 18.8 Å². The van der Waals surface area contributed by atoms with Crippen molar-refractivity contribution in [3.05, 3.63) is 0 Å². The van der Waals surface area contributed by atoms with Crippen LogP contribution in [-0.2, 0) is 9.59 Å². The lowest BCUT2D eigenvalue weighted by atomic mass is 10.00. The molecule has 0 saturated carbocycles. The number of carboxylic acids is 2. The number of aliphatic imine (C=N–C) groups is 1. The third kappa shape index (κ3) is 7.48. The minimum Gasteiger partial charge on any atom is -0.481 e. The molecule has 6 nitrogen and oxygen atoms in total. The Labute approximate surface area is 87.8 Å². The van der Waals surface area contributed by atoms with Gasteiger partial charge in [0.05, 0.1) is 11.8 Å². The molecule has 86 valence electrons. The lowest BCUT2D eigenvalue weighted by Crippen LogP contribution is -2.17. The predicted octanol–water partition coefficient (Wildman–Crippen LogP) is 0.319. The van der Waals surface area contributed by atoms with E-state index in [0.717, 1.165) is 0 Å². The SMILES string of the molecule is CC(N)=NCCC(CCC(=O)O)C(=O)O. The van der Waals surface area contributed by atoms with Crippen molar-refractivity contribution in [3.63, 3.8) is 0 Å². The van der Waals surface area contributed by atoms with Crippen molar-refractivity contribution in [3.8, 4) is 0 Å². The molecule has 0 saturated heterocycles. The standard InChI is InChI=1S/C9H16N2O4/c1-6(10)11-5-4-7(9(14)15)2-3-8(12)13/h7H,2-5H2,1H3,(H2,10,11)(H,12,13)(H,14,15). The summed E-state index contributed by atoms with van der Waals surface area (Å²) < 4.78 is 0. The predicted molar refractivity (Wildman–Crippen MR) is 54.8 cm³/mol. The first-order valence-corrected chi connectivity index (χ1v) is 4.64. The van der Waals surface area contributed by atoms with E-state index in [1.54, 1.807) is 6.92 Å². The quantitative estimate of drug-likeness (QED) is 0.419. The van der Waals surface area contributed by atoms with Crippen LogP contribution in [0.4, 0.5) is 0 Å². The zero-order valence-electron chi connectivity index (χ0n) is 8.64. The normalized spacial score (nSPS) is 13.5. The van der Waals surface area contributed by atoms with Gasteiger partial charge in [0.15, 0.2) is 0 Å². The monoisotopic (exact) mass is 216 g/mol. The summed E-state index contributed by atoms with van der Waals surface area (Å²) in [5.74, 6) is -2.23. The molecule has 0 aromatic rings. The van der Waals surface area contributed by atoms with Gasteiger partial charge in [0.2, 0.25) is 0 Å². The molecule has 0 aromatic carbocycles. The summed E-state index contributed by atoms with van der Waals surface area (Å²) >= 11 is 0. The molecular weight excluding hydrogens is 200 g/mol. The van der Waals surface area contributed by atoms with Crippen molar-refractivity contribution in [2.45, 2.75) is 26.2 Å². The van der Waals surface area contributed by atoms with E-state index in [-0.39, 0.29) is 12.8 Å². The number of carbonyl (C=O) groups is 2. The van der Waals surface area contributed by atoms with E-state index in [1.807, 2.05) is 0 Å². The average molecular weight is 216 g/mol. The minimum atomic E-state index is -0.986. The second kappa shape index (κ2) is 6.80. The number of hydrogen-bond donors (Lipinski definition) is 3. The van der Waals surface area contributed by atoms with Crippen LogP contribution in [-0.4, -0.2) is 34.5 Å². The number of amidine groups is 1. The van der Waals surface area contributed by atoms with Crippen LogP contribution in [0.25, 0.3) is 0 Å². The van der Waals surface area contributed by atoms with Gasteiger partial charge >= 0.3 is 11.9 Å². The Balaban J connectivity index is 4.00. The Morgan fingerprint density at radius 2 is 1.93 bits per heavy atom. The highest BCUT2D eigenvalue weighted by molar-refractivity contribution is 5.77. The zero-order chi connectivity index (χ0) is 11.8. The van der Waals surface area contributed by atoms with Gasteiger partial charge in [0.1, 0.15) is 0 Å². The Morgan fingerprint density at radius 1 is 1.33 bits per heavy atom. The van der Waals surface area contributed by atoms with Crippen molar-refractivity contribution in [1.29, 1.82) is 0 Å². The molecule has 1 atom stereocenters. The topological polar surface area (TPSA) is 113 Å². The molecule has 0 aliphatic rings. The average Bonchev–Trinajstić information content (AvgIpc) is 2.09. The second-order valence-electron chi connectivity index (χ2n) is 3.28. The summed E-state index contributed by atoms with van der Waals surface area (Å²) in [6.07, 6.45) is 0.309. The van der Waals surface area contributed by atoms with Crippen LogP contribution in [0.2, 0.25) is 0 Å². The number of carboxylic acid groups (broad SMARTS) is 2. The summed E-state index contributed by atoms with van der Waals surface area (Å²) in [6.45, 7) is 1.94. The molecule has 0 aliphatic carbocycles. The van der Waals surface area contributed by atoms with Crippen molar-refractivity contribution in [2.24, 2.45) is 16.6 Å². The maximum absolute atomic E-state index is 10.7. The molecule has 6 heteroatoms. The van der Waals surface area contributed by atoms with Gasteiger partial charge in [-0.15, -0.1) is 0 Å². The van der Waals surface area contributed by atoms with Gasteiger partial charge in [-0.25, -0.2) is 0 Å². The summed E-state index contributed by atoms with van der Waals surface area (Å²) in [5, 5.41) is 17.2. The molecule has 15 heavy (non-hydrogen) atoms. The summed E-state index contributed by atoms with van der Waals surface area (Å²) in [7, 11) is 0. The smallest absolute Gasteiger partial charge is 0.306 e. The van der Waals surface area contributed by atoms with Crippen LogP contribution in [0.15, 0.2) is 4.99 Å². The maximum atomic E-state index is 10.7. The van der Waals surface area contributed by atoms with Crippen LogP contribution < -0.4 is 5.73 Å². The van der Waals surface area contributed by atoms with Crippen LogP contribution in [0, 0.1) is 5.92 Å². The number of aliphatic carboxylic acids is 2. The maximum Gasteiger partial charge on any atom is 0.306 e. The van der Waals surface area contributed by atoms with Crippen LogP contribution >= 0.6 is 0 Å². The largest absolute Gasteiger partial charge is 0.481 e. The fraction of sp³-hybridized carbons (Fsp3) is 0.667. The highest BCUT2D eigenvalue weighted by atomic mass is 16.4. The van der Waals surface area contributed by atoms with Crippen molar-refractivity contribution in [2.75, 3.05) is 6.54 Å². The molecule has 0 rings (SSSR count). The van der Waals surface area contributed by atoms with Crippen LogP contribution in [0.1, 0.15) is 26.2 Å². The van der Waals surface area contributed by atoms with Gasteiger partial charge in [0.25, 0.3) is 0 Å². The Bertz CT molecular complexity index is 259. The fourth-order valence-electron chi connectivity index (χ4n) is 1.09. The van der Waals surface area contributed by atoms with E-state index in [2.05, 4.69) is 4.99 Å². The Morgan fingerprint density at radius 3 is 2.33 bits per heavy atom. The van der Waals surface area contributed by atoms with Crippen molar-refractivity contribution in [1.82, 2.24) is 0 Å². The highest BCUT2D eigenvalue weighted by Gasteiger charge is 2.17. The molecule has 0 bridgehead atoms. The highest BCUT2D eigenvalue weighted by Crippen LogP contribution is 2.11. The second-order valence-corrected chi connectivity index (χ2v) is 3.28. The first kappa shape index (κ1) is 13.4. The first-order valence-electron chi connectivity index (χ1n) is 4.64. The summed E-state index contributed by atoms with van der Waals surface area (Å²) in [4.78, 5) is 24.8. The molecule has 1 unspecified atom stereocenters. The van der Waals surface area contributed by atoms with Gasteiger partial charge in [-0.3, -0.25) is 14.6 Å². The molecule has 0 aromatic heterocycles. The molecular formula is C9H16N2O4. The summed E-state index contributed by atoms with van der Waals surface area (Å²) in [5.41, 5.74) is 5.29. The zero-order valence-corrected chi connectivity index (χ0v) is 8.64. The minimum absolute atomic E-state index is 0.129. The van der Waals surface area contributed by atoms with Crippen LogP contribution in [0.3, 0.4) is 0 Å². The number of nitrogens with two attached hydrogens (primary N) is 1. The number of nitrogens with zero attached hydrogens (tertiary/aromatic N) is 1. The third-order valence-electron chi connectivity index (χ3n) is 1.89. The van der Waals surface area contributed by atoms with E-state index < -0.39 is 17.9 Å². The number of hydrogen-bond acceptors (Lipinski definition) is 3. The van der Waals surface area contributed by atoms with E-state index >= 15 is 0 Å². The molecule has 0 fully saturated rings. The van der Waals surface area contributed by atoms with Gasteiger partial charge in [0, 0.05) is 13.0 Å². The molecule has 0 aliphatic heterocycles. The van der Waals surface area contributed by atoms with Gasteiger partial charge in [-0.2, -0.15) is 0 Å². The number of rotatable bonds is 7. The van der Waals surface area contributed by atoms with E-state index in [1.165, 1.54) is 0 Å². The van der Waals surface area contributed by atoms with Gasteiger partial charge in [-0.05, 0) is 19.8 Å².